The molecule has 20 heavy (non-hydrogen) atoms. The largest absolute Gasteiger partial charge is 0.274 e. The number of hydrogen-bond acceptors (Lipinski definition) is 2. The molecule has 2 aromatic rings. The van der Waals surface area contributed by atoms with Gasteiger partial charge >= 0.3 is 0 Å². The van der Waals surface area contributed by atoms with Gasteiger partial charge in [-0.2, -0.15) is 0 Å². The molecule has 1 fully saturated rings. The molecule has 0 bridgehead atoms. The first-order valence-electron chi connectivity index (χ1n) is 6.47. The summed E-state index contributed by atoms with van der Waals surface area (Å²) in [6, 6.07) is 17.9. The molecule has 1 heterocycles. The van der Waals surface area contributed by atoms with Gasteiger partial charge in [0.1, 0.15) is 6.17 Å². The van der Waals surface area contributed by atoms with E-state index in [-0.39, 0.29) is 18.0 Å². The van der Waals surface area contributed by atoms with Gasteiger partial charge < -0.3 is 0 Å². The molecule has 0 unspecified atom stereocenters. The van der Waals surface area contributed by atoms with E-state index in [0.29, 0.717) is 11.1 Å². The van der Waals surface area contributed by atoms with E-state index >= 15 is 0 Å². The molecule has 4 nitrogen and oxygen atoms in total. The molecule has 0 atom stereocenters. The molecule has 0 N–H and O–H groups in total. The van der Waals surface area contributed by atoms with Crippen molar-refractivity contribution in [3.8, 4) is 0 Å². The first kappa shape index (κ1) is 12.4. The van der Waals surface area contributed by atoms with Crippen molar-refractivity contribution in [2.75, 3.05) is 0 Å². The Morgan fingerprint density at radius 3 is 1.45 bits per heavy atom. The van der Waals surface area contributed by atoms with E-state index in [0.717, 1.165) is 0 Å². The molecular weight excluding hydrogens is 252 g/mol. The zero-order chi connectivity index (χ0) is 14.1. The van der Waals surface area contributed by atoms with Gasteiger partial charge in [0.05, 0.1) is 0 Å². The maximum Gasteiger partial charge on any atom is 0.274 e. The minimum atomic E-state index is -0.199. The Morgan fingerprint density at radius 2 is 1.10 bits per heavy atom. The van der Waals surface area contributed by atoms with Gasteiger partial charge in [-0.3, -0.25) is 9.59 Å². The van der Waals surface area contributed by atoms with Crippen LogP contribution in [0.15, 0.2) is 60.7 Å². The smallest absolute Gasteiger partial charge is 0.267 e. The Bertz CT molecular complexity index is 583. The van der Waals surface area contributed by atoms with Crippen molar-refractivity contribution in [3.63, 3.8) is 0 Å². The standard InChI is InChI=1S/C16H14N2O2/c1-12-17(15(19)13-8-4-2-5-9-13)18(12)16(20)14-10-6-3-7-11-14/h2-12H,1H3. The van der Waals surface area contributed by atoms with E-state index in [4.69, 9.17) is 0 Å². The normalized spacial score (nSPS) is 14.2. The molecule has 1 saturated heterocycles. The fraction of sp³-hybridized carbons (Fsp3) is 0.125. The van der Waals surface area contributed by atoms with Gasteiger partial charge in [0.25, 0.3) is 11.8 Å². The van der Waals surface area contributed by atoms with Crippen molar-refractivity contribution in [2.24, 2.45) is 0 Å². The van der Waals surface area contributed by atoms with Crippen LogP contribution in [-0.2, 0) is 0 Å². The predicted molar refractivity (Wildman–Crippen MR) is 74.7 cm³/mol. The Balaban J connectivity index is 1.78. The molecule has 0 aliphatic carbocycles. The molecule has 2 amide bonds. The van der Waals surface area contributed by atoms with Gasteiger partial charge in [-0.15, -0.1) is 0 Å². The van der Waals surface area contributed by atoms with Gasteiger partial charge in [-0.25, -0.2) is 10.0 Å². The Hall–Kier alpha value is -2.62. The lowest BCUT2D eigenvalue weighted by molar-refractivity contribution is 0.0697. The first-order chi connectivity index (χ1) is 9.70. The van der Waals surface area contributed by atoms with Crippen molar-refractivity contribution >= 4 is 11.8 Å². The van der Waals surface area contributed by atoms with Crippen LogP contribution in [0.1, 0.15) is 27.6 Å². The third kappa shape index (κ3) is 2.05. The van der Waals surface area contributed by atoms with Crippen LogP contribution in [-0.4, -0.2) is 28.0 Å². The quantitative estimate of drug-likeness (QED) is 0.784. The minimum Gasteiger partial charge on any atom is -0.267 e. The summed E-state index contributed by atoms with van der Waals surface area (Å²) in [6.07, 6.45) is -0.199. The zero-order valence-electron chi connectivity index (χ0n) is 11.1. The van der Waals surface area contributed by atoms with Crippen LogP contribution in [0.25, 0.3) is 0 Å². The number of carbonyl (C=O) groups is 2. The molecule has 0 spiro atoms. The molecule has 100 valence electrons. The van der Waals surface area contributed by atoms with E-state index in [1.54, 1.807) is 24.3 Å². The number of nitrogens with zero attached hydrogens (tertiary/aromatic N) is 2. The van der Waals surface area contributed by atoms with Crippen LogP contribution < -0.4 is 0 Å². The molecule has 1 aliphatic rings. The maximum atomic E-state index is 12.3. The number of hydrazine groups is 1. The summed E-state index contributed by atoms with van der Waals surface area (Å²) in [5.74, 6) is -0.301. The van der Waals surface area contributed by atoms with E-state index in [9.17, 15) is 9.59 Å². The van der Waals surface area contributed by atoms with Crippen molar-refractivity contribution in [1.29, 1.82) is 0 Å². The molecule has 3 rings (SSSR count). The molecule has 1 aliphatic heterocycles. The van der Waals surface area contributed by atoms with Gasteiger partial charge in [0.15, 0.2) is 0 Å². The Labute approximate surface area is 117 Å². The highest BCUT2D eigenvalue weighted by Gasteiger charge is 2.49. The highest BCUT2D eigenvalue weighted by molar-refractivity contribution is 6.02. The molecular formula is C16H14N2O2. The highest BCUT2D eigenvalue weighted by atomic mass is 16.2. The second-order valence-electron chi connectivity index (χ2n) is 4.66. The van der Waals surface area contributed by atoms with Crippen molar-refractivity contribution in [1.82, 2.24) is 10.0 Å². The van der Waals surface area contributed by atoms with Crippen LogP contribution in [0.3, 0.4) is 0 Å². The highest BCUT2D eigenvalue weighted by Crippen LogP contribution is 2.30. The van der Waals surface area contributed by atoms with Crippen LogP contribution in [0.4, 0.5) is 0 Å². The first-order valence-corrected chi connectivity index (χ1v) is 6.47. The fourth-order valence-corrected chi connectivity index (χ4v) is 2.22. The molecule has 0 aromatic heterocycles. The average molecular weight is 266 g/mol. The second kappa shape index (κ2) is 4.81. The molecule has 4 heteroatoms. The minimum absolute atomic E-state index is 0.151. The van der Waals surface area contributed by atoms with E-state index in [1.807, 2.05) is 43.3 Å². The molecule has 0 radical (unpaired) electrons. The fourth-order valence-electron chi connectivity index (χ4n) is 2.22. The predicted octanol–water partition coefficient (Wildman–Crippen LogP) is 2.55. The number of benzene rings is 2. The van der Waals surface area contributed by atoms with Gasteiger partial charge in [-0.1, -0.05) is 36.4 Å². The number of hydrogen-bond donors (Lipinski definition) is 0. The number of amides is 2. The summed E-state index contributed by atoms with van der Waals surface area (Å²) in [5.41, 5.74) is 1.17. The van der Waals surface area contributed by atoms with Gasteiger partial charge in [0.2, 0.25) is 0 Å². The van der Waals surface area contributed by atoms with E-state index < -0.39 is 0 Å². The number of rotatable bonds is 2. The summed E-state index contributed by atoms with van der Waals surface area (Å²) < 4.78 is 0. The summed E-state index contributed by atoms with van der Waals surface area (Å²) in [4.78, 5) is 24.6. The van der Waals surface area contributed by atoms with Crippen molar-refractivity contribution in [3.05, 3.63) is 71.8 Å². The number of carbonyl (C=O) groups excluding carboxylic acids is 2. The zero-order valence-corrected chi connectivity index (χ0v) is 11.1. The van der Waals surface area contributed by atoms with Crippen molar-refractivity contribution < 1.29 is 9.59 Å². The van der Waals surface area contributed by atoms with Crippen molar-refractivity contribution in [2.45, 2.75) is 13.1 Å². The summed E-state index contributed by atoms with van der Waals surface area (Å²) >= 11 is 0. The lowest BCUT2D eigenvalue weighted by Gasteiger charge is -2.05. The topological polar surface area (TPSA) is 40.2 Å². The summed E-state index contributed by atoms with van der Waals surface area (Å²) in [6.45, 7) is 1.84. The third-order valence-corrected chi connectivity index (χ3v) is 3.34. The van der Waals surface area contributed by atoms with Crippen LogP contribution >= 0.6 is 0 Å². The monoisotopic (exact) mass is 266 g/mol. The Morgan fingerprint density at radius 1 is 0.750 bits per heavy atom. The van der Waals surface area contributed by atoms with Gasteiger partial charge in [-0.05, 0) is 31.2 Å². The van der Waals surface area contributed by atoms with Gasteiger partial charge in [0, 0.05) is 11.1 Å². The summed E-state index contributed by atoms with van der Waals surface area (Å²) in [5, 5.41) is 2.95. The lowest BCUT2D eigenvalue weighted by Crippen LogP contribution is -2.21. The molecule has 2 aromatic carbocycles. The maximum absolute atomic E-state index is 12.3. The second-order valence-corrected chi connectivity index (χ2v) is 4.66. The van der Waals surface area contributed by atoms with E-state index in [1.165, 1.54) is 10.0 Å². The van der Waals surface area contributed by atoms with Crippen LogP contribution in [0.5, 0.6) is 0 Å². The lowest BCUT2D eigenvalue weighted by atomic mass is 10.2. The van der Waals surface area contributed by atoms with E-state index in [2.05, 4.69) is 0 Å². The summed E-state index contributed by atoms with van der Waals surface area (Å²) in [7, 11) is 0. The SMILES string of the molecule is CC1N(C(=O)c2ccccc2)N1C(=O)c1ccccc1. The third-order valence-electron chi connectivity index (χ3n) is 3.34. The molecule has 0 saturated carbocycles. The Kier molecular flexibility index (Phi) is 2.99. The van der Waals surface area contributed by atoms with Crippen LogP contribution in [0, 0.1) is 0 Å². The average Bonchev–Trinajstić information content (AvgIpc) is 3.18. The van der Waals surface area contributed by atoms with Crippen LogP contribution in [0.2, 0.25) is 0 Å².